The number of nitrogens with one attached hydrogen (secondary N) is 2. The molecule has 168 valence electrons. The van der Waals surface area contributed by atoms with Gasteiger partial charge in [0.05, 0.1) is 16.5 Å². The number of sulfonamides is 1. The Morgan fingerprint density at radius 3 is 2.31 bits per heavy atom. The van der Waals surface area contributed by atoms with Crippen LogP contribution in [0.1, 0.15) is 27.5 Å². The highest BCUT2D eigenvalue weighted by Gasteiger charge is 2.37. The van der Waals surface area contributed by atoms with E-state index in [1.807, 2.05) is 0 Å². The minimum atomic E-state index is -3.87. The number of amides is 2. The van der Waals surface area contributed by atoms with E-state index in [9.17, 15) is 18.0 Å². The molecule has 2 amide bonds. The van der Waals surface area contributed by atoms with Crippen LogP contribution in [0.2, 0.25) is 0 Å². The molecule has 3 aromatic rings. The van der Waals surface area contributed by atoms with Crippen LogP contribution < -0.4 is 10.0 Å². The number of aromatic nitrogens is 2. The van der Waals surface area contributed by atoms with Crippen molar-refractivity contribution in [2.24, 2.45) is 5.92 Å². The average molecular weight is 459 g/mol. The van der Waals surface area contributed by atoms with E-state index in [4.69, 9.17) is 9.05 Å². The fourth-order valence-corrected chi connectivity index (χ4v) is 4.14. The summed E-state index contributed by atoms with van der Waals surface area (Å²) in [6, 6.07) is 7.28. The number of benzene rings is 1. The molecule has 0 aliphatic carbocycles. The lowest BCUT2D eigenvalue weighted by Crippen LogP contribution is -2.54. The number of carbonyl (C=O) groups is 2. The average Bonchev–Trinajstić information content (AvgIpc) is 3.28. The second-order valence-corrected chi connectivity index (χ2v) is 9.25. The van der Waals surface area contributed by atoms with Crippen molar-refractivity contribution in [1.29, 1.82) is 0 Å². The summed E-state index contributed by atoms with van der Waals surface area (Å²) in [6.45, 7) is 5.63. The summed E-state index contributed by atoms with van der Waals surface area (Å²) in [5.74, 6) is -0.314. The first-order valence-electron chi connectivity index (χ1n) is 9.73. The number of aryl methyl sites for hydroxylation is 2. The predicted molar refractivity (Wildman–Crippen MR) is 112 cm³/mol. The van der Waals surface area contributed by atoms with Gasteiger partial charge in [-0.15, -0.1) is 0 Å². The van der Waals surface area contributed by atoms with Gasteiger partial charge in [-0.2, -0.15) is 0 Å². The number of carbonyl (C=O) groups excluding carboxylic acids is 2. The second-order valence-electron chi connectivity index (χ2n) is 7.57. The maximum Gasteiger partial charge on any atom is 0.276 e. The van der Waals surface area contributed by atoms with Crippen molar-refractivity contribution in [3.8, 4) is 0 Å². The molecule has 0 radical (unpaired) electrons. The molecule has 3 heterocycles. The van der Waals surface area contributed by atoms with Gasteiger partial charge in [0.2, 0.25) is 11.8 Å². The molecular formula is C20H21N5O6S. The summed E-state index contributed by atoms with van der Waals surface area (Å²) in [6.07, 6.45) is 0. The number of rotatable bonds is 6. The number of hydrogen-bond donors (Lipinski definition) is 2. The third kappa shape index (κ3) is 4.21. The van der Waals surface area contributed by atoms with Crippen LogP contribution in [-0.2, 0) is 14.8 Å². The molecule has 0 bridgehead atoms. The van der Waals surface area contributed by atoms with Crippen LogP contribution in [0.5, 0.6) is 0 Å². The molecule has 0 saturated carbocycles. The molecule has 1 saturated heterocycles. The monoisotopic (exact) mass is 459 g/mol. The van der Waals surface area contributed by atoms with E-state index in [1.54, 1.807) is 26.8 Å². The van der Waals surface area contributed by atoms with Crippen LogP contribution in [-0.4, -0.2) is 48.5 Å². The van der Waals surface area contributed by atoms with Crippen LogP contribution >= 0.6 is 0 Å². The third-order valence-corrected chi connectivity index (χ3v) is 6.55. The van der Waals surface area contributed by atoms with Crippen LogP contribution in [0.4, 0.5) is 11.6 Å². The van der Waals surface area contributed by atoms with Crippen LogP contribution in [0.3, 0.4) is 0 Å². The number of anilines is 2. The maximum atomic E-state index is 12.5. The number of likely N-dealkylation sites (tertiary alicyclic amines) is 1. The van der Waals surface area contributed by atoms with Gasteiger partial charge in [0.15, 0.2) is 5.69 Å². The first-order valence-corrected chi connectivity index (χ1v) is 11.2. The first-order chi connectivity index (χ1) is 15.1. The highest BCUT2D eigenvalue weighted by atomic mass is 32.2. The zero-order chi connectivity index (χ0) is 23.0. The lowest BCUT2D eigenvalue weighted by molar-refractivity contribution is -0.123. The Morgan fingerprint density at radius 1 is 1.06 bits per heavy atom. The number of hydrogen-bond acceptors (Lipinski definition) is 8. The van der Waals surface area contributed by atoms with E-state index in [-0.39, 0.29) is 47.3 Å². The van der Waals surface area contributed by atoms with Crippen molar-refractivity contribution >= 4 is 33.4 Å². The van der Waals surface area contributed by atoms with Crippen molar-refractivity contribution in [3.63, 3.8) is 0 Å². The highest BCUT2D eigenvalue weighted by molar-refractivity contribution is 7.92. The van der Waals surface area contributed by atoms with Gasteiger partial charge in [0.1, 0.15) is 5.76 Å². The largest absolute Gasteiger partial charge is 0.361 e. The molecule has 2 aromatic heterocycles. The minimum absolute atomic E-state index is 0.00673. The van der Waals surface area contributed by atoms with E-state index in [0.29, 0.717) is 22.7 Å². The lowest BCUT2D eigenvalue weighted by Gasteiger charge is -2.37. The molecule has 2 N–H and O–H groups in total. The second kappa shape index (κ2) is 8.11. The van der Waals surface area contributed by atoms with Gasteiger partial charge in [0, 0.05) is 30.4 Å². The van der Waals surface area contributed by atoms with Gasteiger partial charge in [-0.3, -0.25) is 9.59 Å². The lowest BCUT2D eigenvalue weighted by atomic mass is 9.98. The Labute approximate surface area is 183 Å². The van der Waals surface area contributed by atoms with E-state index < -0.39 is 10.0 Å². The summed E-state index contributed by atoms with van der Waals surface area (Å²) in [4.78, 5) is 26.2. The topological polar surface area (TPSA) is 148 Å². The van der Waals surface area contributed by atoms with Gasteiger partial charge in [-0.1, -0.05) is 10.3 Å². The van der Waals surface area contributed by atoms with Crippen molar-refractivity contribution < 1.29 is 27.1 Å². The van der Waals surface area contributed by atoms with Gasteiger partial charge in [-0.25, -0.2) is 13.1 Å². The molecular weight excluding hydrogens is 438 g/mol. The molecule has 0 atom stereocenters. The molecule has 0 spiro atoms. The molecule has 1 aliphatic heterocycles. The summed E-state index contributed by atoms with van der Waals surface area (Å²) < 4.78 is 37.3. The van der Waals surface area contributed by atoms with Gasteiger partial charge in [0.25, 0.3) is 15.9 Å². The van der Waals surface area contributed by atoms with Gasteiger partial charge < -0.3 is 19.3 Å². The molecule has 0 unspecified atom stereocenters. The zero-order valence-electron chi connectivity index (χ0n) is 17.6. The van der Waals surface area contributed by atoms with E-state index in [1.165, 1.54) is 29.2 Å². The van der Waals surface area contributed by atoms with Gasteiger partial charge >= 0.3 is 0 Å². The SMILES string of the molecule is Cc1cc(C(=O)N2CC(C(=O)Nc3ccc(S(=O)(=O)Nc4onc(C)c4C)cc3)C2)no1. The van der Waals surface area contributed by atoms with Crippen LogP contribution in [0, 0.1) is 26.7 Å². The predicted octanol–water partition coefficient (Wildman–Crippen LogP) is 2.10. The zero-order valence-corrected chi connectivity index (χ0v) is 18.4. The quantitative estimate of drug-likeness (QED) is 0.569. The Morgan fingerprint density at radius 2 is 1.75 bits per heavy atom. The van der Waals surface area contributed by atoms with E-state index >= 15 is 0 Å². The first kappa shape index (κ1) is 21.6. The molecule has 4 rings (SSSR count). The third-order valence-electron chi connectivity index (χ3n) is 5.20. The van der Waals surface area contributed by atoms with Crippen molar-refractivity contribution in [2.45, 2.75) is 25.7 Å². The van der Waals surface area contributed by atoms with E-state index in [2.05, 4.69) is 20.4 Å². The summed E-state index contributed by atoms with van der Waals surface area (Å²) in [7, 11) is -3.87. The van der Waals surface area contributed by atoms with Crippen molar-refractivity contribution in [2.75, 3.05) is 23.1 Å². The standard InChI is InChI=1S/C20H21N5O6S/c1-11-8-17(23-30-11)20(27)25-9-14(10-25)18(26)21-15-4-6-16(7-5-15)32(28,29)24-19-12(2)13(3)22-31-19/h4-8,14,24H,9-10H2,1-3H3,(H,21,26). The van der Waals surface area contributed by atoms with Crippen LogP contribution in [0.25, 0.3) is 0 Å². The summed E-state index contributed by atoms with van der Waals surface area (Å²) in [5, 5.41) is 10.1. The Hall–Kier alpha value is -3.67. The molecule has 1 aromatic carbocycles. The fraction of sp³-hybridized carbons (Fsp3) is 0.300. The van der Waals surface area contributed by atoms with Crippen LogP contribution in [0.15, 0.2) is 44.3 Å². The molecule has 32 heavy (non-hydrogen) atoms. The fourth-order valence-electron chi connectivity index (χ4n) is 3.09. The normalized spacial score (nSPS) is 14.2. The van der Waals surface area contributed by atoms with Crippen molar-refractivity contribution in [3.05, 3.63) is 53.0 Å². The van der Waals surface area contributed by atoms with Crippen molar-refractivity contribution in [1.82, 2.24) is 15.2 Å². The van der Waals surface area contributed by atoms with E-state index in [0.717, 1.165) is 0 Å². The maximum absolute atomic E-state index is 12.5. The summed E-state index contributed by atoms with van der Waals surface area (Å²) in [5.41, 5.74) is 1.84. The number of nitrogens with zero attached hydrogens (tertiary/aromatic N) is 3. The smallest absolute Gasteiger partial charge is 0.276 e. The molecule has 12 heteroatoms. The summed E-state index contributed by atoms with van der Waals surface area (Å²) >= 11 is 0. The Bertz CT molecular complexity index is 1270. The Balaban J connectivity index is 1.33. The van der Waals surface area contributed by atoms with Gasteiger partial charge in [-0.05, 0) is 45.0 Å². The molecule has 1 aliphatic rings. The molecule has 1 fully saturated rings. The highest BCUT2D eigenvalue weighted by Crippen LogP contribution is 2.24. The minimum Gasteiger partial charge on any atom is -0.361 e. The molecule has 11 nitrogen and oxygen atoms in total. The Kier molecular flexibility index (Phi) is 5.46.